The molecule has 0 aliphatic carbocycles. The molecule has 19 heavy (non-hydrogen) atoms. The molecule has 0 saturated carbocycles. The minimum atomic E-state index is 0.589. The molecule has 0 fully saturated rings. The standard InChI is InChI=1S/C13H18Br2N2OS/c1-2-3-4-5-6-7-12-16-9-17(18-12)10-8-11(14)19-13(10)15/h8H,2-7,9H2,1H3. The quantitative estimate of drug-likeness (QED) is 0.536. The number of aliphatic imine (C=N–C) groups is 1. The van der Waals surface area contributed by atoms with Crippen molar-refractivity contribution in [2.45, 2.75) is 45.4 Å². The van der Waals surface area contributed by atoms with Crippen LogP contribution < -0.4 is 5.06 Å². The van der Waals surface area contributed by atoms with E-state index >= 15 is 0 Å². The van der Waals surface area contributed by atoms with Crippen LogP contribution in [0.3, 0.4) is 0 Å². The lowest BCUT2D eigenvalue weighted by Gasteiger charge is -2.15. The lowest BCUT2D eigenvalue weighted by atomic mass is 10.1. The Labute approximate surface area is 135 Å². The number of nitrogens with zero attached hydrogens (tertiary/aromatic N) is 2. The number of hydroxylamine groups is 1. The van der Waals surface area contributed by atoms with Crippen LogP contribution in [0.4, 0.5) is 5.69 Å². The van der Waals surface area contributed by atoms with Crippen LogP contribution in [0.2, 0.25) is 0 Å². The second-order valence-corrected chi connectivity index (χ2v) is 8.29. The number of hydrogen-bond donors (Lipinski definition) is 0. The largest absolute Gasteiger partial charge is 0.362 e. The van der Waals surface area contributed by atoms with Crippen molar-refractivity contribution in [3.63, 3.8) is 0 Å². The van der Waals surface area contributed by atoms with Gasteiger partial charge in [0, 0.05) is 6.42 Å². The minimum Gasteiger partial charge on any atom is -0.362 e. The van der Waals surface area contributed by atoms with Gasteiger partial charge in [-0.15, -0.1) is 11.3 Å². The summed E-state index contributed by atoms with van der Waals surface area (Å²) < 4.78 is 2.16. The number of rotatable bonds is 7. The van der Waals surface area contributed by atoms with Gasteiger partial charge in [-0.25, -0.2) is 4.99 Å². The van der Waals surface area contributed by atoms with Gasteiger partial charge >= 0.3 is 0 Å². The Bertz CT molecular complexity index is 448. The van der Waals surface area contributed by atoms with Gasteiger partial charge in [-0.05, 0) is 44.3 Å². The number of halogens is 2. The maximum atomic E-state index is 5.79. The van der Waals surface area contributed by atoms with Crippen molar-refractivity contribution in [3.05, 3.63) is 13.6 Å². The molecule has 6 heteroatoms. The monoisotopic (exact) mass is 408 g/mol. The smallest absolute Gasteiger partial charge is 0.219 e. The number of thiophene rings is 1. The van der Waals surface area contributed by atoms with Crippen molar-refractivity contribution in [2.75, 3.05) is 11.7 Å². The third-order valence-corrected chi connectivity index (χ3v) is 5.30. The van der Waals surface area contributed by atoms with Crippen molar-refractivity contribution in [3.8, 4) is 0 Å². The fourth-order valence-electron chi connectivity index (χ4n) is 1.96. The van der Waals surface area contributed by atoms with Crippen LogP contribution in [0.1, 0.15) is 45.4 Å². The number of unbranched alkanes of at least 4 members (excludes halogenated alkanes) is 4. The lowest BCUT2D eigenvalue weighted by Crippen LogP contribution is -2.19. The van der Waals surface area contributed by atoms with E-state index in [9.17, 15) is 0 Å². The van der Waals surface area contributed by atoms with E-state index in [1.54, 1.807) is 11.3 Å². The van der Waals surface area contributed by atoms with Gasteiger partial charge in [0.1, 0.15) is 12.4 Å². The van der Waals surface area contributed by atoms with Crippen LogP contribution in [0.15, 0.2) is 18.6 Å². The van der Waals surface area contributed by atoms with Crippen molar-refractivity contribution < 1.29 is 4.84 Å². The fraction of sp³-hybridized carbons (Fsp3) is 0.615. The molecule has 2 heterocycles. The summed E-state index contributed by atoms with van der Waals surface area (Å²) in [4.78, 5) is 10.2. The van der Waals surface area contributed by atoms with Gasteiger partial charge in [0.05, 0.1) is 7.57 Å². The molecule has 0 N–H and O–H groups in total. The molecular weight excluding hydrogens is 392 g/mol. The molecule has 0 bridgehead atoms. The average molecular weight is 410 g/mol. The predicted octanol–water partition coefficient (Wildman–Crippen LogP) is 5.74. The molecule has 0 unspecified atom stereocenters. The highest BCUT2D eigenvalue weighted by atomic mass is 79.9. The van der Waals surface area contributed by atoms with Crippen LogP contribution in [-0.2, 0) is 4.84 Å². The Kier molecular flexibility index (Phi) is 6.16. The summed E-state index contributed by atoms with van der Waals surface area (Å²) in [6.45, 7) is 2.82. The Balaban J connectivity index is 1.75. The second kappa shape index (κ2) is 7.64. The molecule has 0 radical (unpaired) electrons. The zero-order valence-corrected chi connectivity index (χ0v) is 15.0. The van der Waals surface area contributed by atoms with Gasteiger partial charge < -0.3 is 4.84 Å². The van der Waals surface area contributed by atoms with E-state index in [0.29, 0.717) is 6.67 Å². The summed E-state index contributed by atoms with van der Waals surface area (Å²) in [6, 6.07) is 2.05. The van der Waals surface area contributed by atoms with Gasteiger partial charge in [-0.1, -0.05) is 32.6 Å². The molecule has 106 valence electrons. The highest BCUT2D eigenvalue weighted by Gasteiger charge is 2.21. The summed E-state index contributed by atoms with van der Waals surface area (Å²) in [5, 5.41) is 1.84. The first-order valence-corrected chi connectivity index (χ1v) is 9.04. The van der Waals surface area contributed by atoms with E-state index in [1.165, 1.54) is 32.1 Å². The first kappa shape index (κ1) is 15.3. The first-order valence-electron chi connectivity index (χ1n) is 6.64. The molecular formula is C13H18Br2N2OS. The van der Waals surface area contributed by atoms with Crippen LogP contribution in [-0.4, -0.2) is 12.6 Å². The average Bonchev–Trinajstić information content (AvgIpc) is 2.95. The van der Waals surface area contributed by atoms with E-state index in [-0.39, 0.29) is 0 Å². The number of hydrogen-bond acceptors (Lipinski definition) is 4. The van der Waals surface area contributed by atoms with Crippen LogP contribution in [0.25, 0.3) is 0 Å². The Morgan fingerprint density at radius 2 is 2.11 bits per heavy atom. The van der Waals surface area contributed by atoms with Gasteiger partial charge in [0.2, 0.25) is 5.90 Å². The maximum absolute atomic E-state index is 5.79. The SMILES string of the molecule is CCCCCCCC1=NCN(c2cc(Br)sc2Br)O1. The van der Waals surface area contributed by atoms with Gasteiger partial charge in [0.15, 0.2) is 0 Å². The van der Waals surface area contributed by atoms with Crippen molar-refractivity contribution in [1.82, 2.24) is 0 Å². The van der Waals surface area contributed by atoms with Crippen molar-refractivity contribution >= 4 is 54.8 Å². The highest BCUT2D eigenvalue weighted by molar-refractivity contribution is 9.12. The highest BCUT2D eigenvalue weighted by Crippen LogP contribution is 2.39. The zero-order chi connectivity index (χ0) is 13.7. The van der Waals surface area contributed by atoms with E-state index in [2.05, 4.69) is 49.8 Å². The zero-order valence-electron chi connectivity index (χ0n) is 11.0. The van der Waals surface area contributed by atoms with E-state index in [0.717, 1.165) is 25.6 Å². The molecule has 0 spiro atoms. The van der Waals surface area contributed by atoms with Gasteiger partial charge in [0.25, 0.3) is 0 Å². The lowest BCUT2D eigenvalue weighted by molar-refractivity contribution is 0.290. The summed E-state index contributed by atoms with van der Waals surface area (Å²) in [7, 11) is 0. The summed E-state index contributed by atoms with van der Waals surface area (Å²) in [5.74, 6) is 0.866. The molecule has 0 atom stereocenters. The Morgan fingerprint density at radius 1 is 1.32 bits per heavy atom. The Morgan fingerprint density at radius 3 is 2.79 bits per heavy atom. The predicted molar refractivity (Wildman–Crippen MR) is 89.0 cm³/mol. The molecule has 0 aromatic carbocycles. The van der Waals surface area contributed by atoms with E-state index in [4.69, 9.17) is 4.84 Å². The molecule has 1 aliphatic rings. The van der Waals surface area contributed by atoms with Crippen molar-refractivity contribution in [1.29, 1.82) is 0 Å². The number of anilines is 1. The molecule has 1 aliphatic heterocycles. The molecule has 0 amide bonds. The molecule has 2 rings (SSSR count). The second-order valence-electron chi connectivity index (χ2n) is 4.54. The molecule has 1 aromatic heterocycles. The maximum Gasteiger partial charge on any atom is 0.219 e. The van der Waals surface area contributed by atoms with Crippen LogP contribution >= 0.6 is 43.2 Å². The third kappa shape index (κ3) is 4.46. The van der Waals surface area contributed by atoms with E-state index in [1.807, 2.05) is 5.06 Å². The molecule has 3 nitrogen and oxygen atoms in total. The minimum absolute atomic E-state index is 0.589. The van der Waals surface area contributed by atoms with Crippen LogP contribution in [0.5, 0.6) is 0 Å². The van der Waals surface area contributed by atoms with Crippen molar-refractivity contribution in [2.24, 2.45) is 4.99 Å². The first-order chi connectivity index (χ1) is 9.20. The Hall–Kier alpha value is -0.0700. The summed E-state index contributed by atoms with van der Waals surface area (Å²) >= 11 is 8.67. The molecule has 0 saturated heterocycles. The van der Waals surface area contributed by atoms with Crippen LogP contribution in [0, 0.1) is 0 Å². The fourth-order valence-corrected chi connectivity index (χ4v) is 4.76. The topological polar surface area (TPSA) is 24.8 Å². The van der Waals surface area contributed by atoms with E-state index < -0.39 is 0 Å². The normalized spacial score (nSPS) is 14.7. The summed E-state index contributed by atoms with van der Waals surface area (Å²) in [5.41, 5.74) is 1.04. The molecule has 1 aromatic rings. The third-order valence-electron chi connectivity index (χ3n) is 2.99. The summed E-state index contributed by atoms with van der Waals surface area (Å²) in [6.07, 6.45) is 7.31. The van der Waals surface area contributed by atoms with Gasteiger partial charge in [-0.3, -0.25) is 0 Å². The van der Waals surface area contributed by atoms with Gasteiger partial charge in [-0.2, -0.15) is 5.06 Å².